The second-order valence-electron chi connectivity index (χ2n) is 4.30. The van der Waals surface area contributed by atoms with Crippen LogP contribution >= 0.6 is 0 Å². The Morgan fingerprint density at radius 2 is 2.00 bits per heavy atom. The van der Waals surface area contributed by atoms with Gasteiger partial charge < -0.3 is 9.47 Å². The van der Waals surface area contributed by atoms with E-state index in [2.05, 4.69) is 16.7 Å². The molecule has 0 N–H and O–H groups in total. The third-order valence-electron chi connectivity index (χ3n) is 2.92. The lowest BCUT2D eigenvalue weighted by atomic mass is 10.2. The number of benzene rings is 1. The monoisotopic (exact) mass is 245 g/mol. The number of hydrogen-bond donors (Lipinski definition) is 0. The van der Waals surface area contributed by atoms with Gasteiger partial charge in [0.25, 0.3) is 0 Å². The van der Waals surface area contributed by atoms with Crippen LogP contribution in [-0.4, -0.2) is 44.4 Å². The minimum atomic E-state index is 0.454. The molecule has 0 bridgehead atoms. The lowest BCUT2D eigenvalue weighted by Gasteiger charge is -2.24. The maximum absolute atomic E-state index is 5.61. The number of rotatable bonds is 3. The van der Waals surface area contributed by atoms with Crippen LogP contribution < -0.4 is 4.74 Å². The molecule has 1 aromatic rings. The molecule has 0 radical (unpaired) electrons. The first-order chi connectivity index (χ1) is 8.86. The standard InChI is InChI=1S/C15H19NO2/c1-14-6-2-3-7-15(14)18-11-5-4-8-16-9-12-17-13-10-16/h2-3,6-7H,8-13H2,1H3. The molecule has 0 atom stereocenters. The Bertz CT molecular complexity index is 428. The molecule has 1 saturated heterocycles. The van der Waals surface area contributed by atoms with Crippen molar-refractivity contribution in [3.8, 4) is 17.6 Å². The van der Waals surface area contributed by atoms with E-state index in [4.69, 9.17) is 9.47 Å². The van der Waals surface area contributed by atoms with Crippen LogP contribution in [-0.2, 0) is 4.74 Å². The Balaban J connectivity index is 1.70. The molecule has 1 fully saturated rings. The summed E-state index contributed by atoms with van der Waals surface area (Å²) < 4.78 is 10.9. The molecule has 2 rings (SSSR count). The van der Waals surface area contributed by atoms with Crippen LogP contribution in [0.3, 0.4) is 0 Å². The average molecular weight is 245 g/mol. The Morgan fingerprint density at radius 1 is 1.22 bits per heavy atom. The van der Waals surface area contributed by atoms with Crippen molar-refractivity contribution < 1.29 is 9.47 Å². The lowest BCUT2D eigenvalue weighted by Crippen LogP contribution is -2.36. The third-order valence-corrected chi connectivity index (χ3v) is 2.92. The number of nitrogens with zero attached hydrogens (tertiary/aromatic N) is 1. The fourth-order valence-electron chi connectivity index (χ4n) is 1.81. The second kappa shape index (κ2) is 7.05. The zero-order chi connectivity index (χ0) is 12.6. The van der Waals surface area contributed by atoms with Crippen LogP contribution in [0.15, 0.2) is 24.3 Å². The van der Waals surface area contributed by atoms with E-state index in [1.54, 1.807) is 0 Å². The summed E-state index contributed by atoms with van der Waals surface area (Å²) in [6.07, 6.45) is 0. The smallest absolute Gasteiger partial charge is 0.149 e. The van der Waals surface area contributed by atoms with Crippen LogP contribution in [0, 0.1) is 18.8 Å². The van der Waals surface area contributed by atoms with Crippen LogP contribution in [0.4, 0.5) is 0 Å². The Morgan fingerprint density at radius 3 is 2.78 bits per heavy atom. The van der Waals surface area contributed by atoms with E-state index in [9.17, 15) is 0 Å². The highest BCUT2D eigenvalue weighted by Crippen LogP contribution is 2.15. The van der Waals surface area contributed by atoms with Crippen LogP contribution in [0.5, 0.6) is 5.75 Å². The van der Waals surface area contributed by atoms with Gasteiger partial charge in [-0.1, -0.05) is 30.0 Å². The number of ether oxygens (including phenoxy) is 2. The van der Waals surface area contributed by atoms with Crippen molar-refractivity contribution >= 4 is 0 Å². The summed E-state index contributed by atoms with van der Waals surface area (Å²) in [5.41, 5.74) is 1.15. The molecule has 0 unspecified atom stereocenters. The SMILES string of the molecule is Cc1ccccc1OCC#CCN1CCOCC1. The maximum atomic E-state index is 5.61. The van der Waals surface area contributed by atoms with E-state index in [1.807, 2.05) is 31.2 Å². The zero-order valence-corrected chi connectivity index (χ0v) is 10.8. The molecular weight excluding hydrogens is 226 g/mol. The molecule has 0 aromatic heterocycles. The highest BCUT2D eigenvalue weighted by molar-refractivity contribution is 5.32. The van der Waals surface area contributed by atoms with Crippen molar-refractivity contribution in [2.75, 3.05) is 39.5 Å². The fourth-order valence-corrected chi connectivity index (χ4v) is 1.81. The molecule has 3 heteroatoms. The molecule has 1 aromatic carbocycles. The van der Waals surface area contributed by atoms with E-state index < -0.39 is 0 Å². The molecule has 96 valence electrons. The molecule has 3 nitrogen and oxygen atoms in total. The number of hydrogen-bond acceptors (Lipinski definition) is 3. The second-order valence-corrected chi connectivity index (χ2v) is 4.30. The number of para-hydroxylation sites is 1. The molecule has 0 aliphatic carbocycles. The molecular formula is C15H19NO2. The predicted molar refractivity (Wildman–Crippen MR) is 71.7 cm³/mol. The minimum absolute atomic E-state index is 0.454. The van der Waals surface area contributed by atoms with E-state index in [0.717, 1.165) is 44.2 Å². The number of morpholine rings is 1. The third kappa shape index (κ3) is 4.06. The summed E-state index contributed by atoms with van der Waals surface area (Å²) in [6, 6.07) is 7.99. The van der Waals surface area contributed by atoms with E-state index in [0.29, 0.717) is 6.61 Å². The van der Waals surface area contributed by atoms with Crippen molar-refractivity contribution in [3.05, 3.63) is 29.8 Å². The topological polar surface area (TPSA) is 21.7 Å². The zero-order valence-electron chi connectivity index (χ0n) is 10.8. The summed E-state index contributed by atoms with van der Waals surface area (Å²) in [5, 5.41) is 0. The van der Waals surface area contributed by atoms with E-state index >= 15 is 0 Å². The summed E-state index contributed by atoms with van der Waals surface area (Å²) in [5.74, 6) is 7.11. The Hall–Kier alpha value is -1.50. The first-order valence-electron chi connectivity index (χ1n) is 6.30. The molecule has 0 spiro atoms. The van der Waals surface area contributed by atoms with E-state index in [-0.39, 0.29) is 0 Å². The summed E-state index contributed by atoms with van der Waals surface area (Å²) in [6.45, 7) is 6.90. The van der Waals surface area contributed by atoms with Gasteiger partial charge in [-0.15, -0.1) is 0 Å². The van der Waals surface area contributed by atoms with Gasteiger partial charge in [-0.3, -0.25) is 4.90 Å². The predicted octanol–water partition coefficient (Wildman–Crippen LogP) is 1.71. The highest BCUT2D eigenvalue weighted by Gasteiger charge is 2.07. The fraction of sp³-hybridized carbons (Fsp3) is 0.467. The van der Waals surface area contributed by atoms with Gasteiger partial charge in [-0.2, -0.15) is 0 Å². The van der Waals surface area contributed by atoms with Gasteiger partial charge in [0, 0.05) is 13.1 Å². The highest BCUT2D eigenvalue weighted by atomic mass is 16.5. The Kier molecular flexibility index (Phi) is 5.07. The Labute approximate surface area is 109 Å². The quantitative estimate of drug-likeness (QED) is 0.757. The van der Waals surface area contributed by atoms with Crippen LogP contribution in [0.25, 0.3) is 0 Å². The van der Waals surface area contributed by atoms with Gasteiger partial charge in [0.15, 0.2) is 0 Å². The molecule has 18 heavy (non-hydrogen) atoms. The van der Waals surface area contributed by atoms with Crippen molar-refractivity contribution in [1.29, 1.82) is 0 Å². The van der Waals surface area contributed by atoms with Gasteiger partial charge in [0.05, 0.1) is 19.8 Å². The van der Waals surface area contributed by atoms with Gasteiger partial charge >= 0.3 is 0 Å². The molecule has 1 heterocycles. The van der Waals surface area contributed by atoms with Gasteiger partial charge in [-0.05, 0) is 18.6 Å². The van der Waals surface area contributed by atoms with Gasteiger partial charge in [0.1, 0.15) is 12.4 Å². The molecule has 1 aliphatic rings. The normalized spacial score (nSPS) is 15.8. The first kappa shape index (κ1) is 12.9. The largest absolute Gasteiger partial charge is 0.481 e. The van der Waals surface area contributed by atoms with Crippen molar-refractivity contribution in [2.45, 2.75) is 6.92 Å². The summed E-state index contributed by atoms with van der Waals surface area (Å²) >= 11 is 0. The van der Waals surface area contributed by atoms with Crippen molar-refractivity contribution in [1.82, 2.24) is 4.90 Å². The number of aryl methyl sites for hydroxylation is 1. The lowest BCUT2D eigenvalue weighted by molar-refractivity contribution is 0.0443. The van der Waals surface area contributed by atoms with E-state index in [1.165, 1.54) is 0 Å². The van der Waals surface area contributed by atoms with Crippen LogP contribution in [0.2, 0.25) is 0 Å². The van der Waals surface area contributed by atoms with Gasteiger partial charge in [0.2, 0.25) is 0 Å². The summed E-state index contributed by atoms with van der Waals surface area (Å²) in [7, 11) is 0. The molecule has 1 aliphatic heterocycles. The van der Waals surface area contributed by atoms with Crippen molar-refractivity contribution in [3.63, 3.8) is 0 Å². The van der Waals surface area contributed by atoms with Gasteiger partial charge in [-0.25, -0.2) is 0 Å². The van der Waals surface area contributed by atoms with Crippen molar-refractivity contribution in [2.24, 2.45) is 0 Å². The molecule has 0 saturated carbocycles. The minimum Gasteiger partial charge on any atom is -0.481 e. The molecule has 0 amide bonds. The van der Waals surface area contributed by atoms with Crippen LogP contribution in [0.1, 0.15) is 5.56 Å². The first-order valence-corrected chi connectivity index (χ1v) is 6.30. The summed E-state index contributed by atoms with van der Waals surface area (Å²) in [4.78, 5) is 2.30. The maximum Gasteiger partial charge on any atom is 0.149 e. The average Bonchev–Trinajstić information content (AvgIpc) is 2.42.